The first-order chi connectivity index (χ1) is 8.82. The van der Waals surface area contributed by atoms with E-state index >= 15 is 0 Å². The van der Waals surface area contributed by atoms with Crippen LogP contribution in [0.5, 0.6) is 0 Å². The van der Waals surface area contributed by atoms with E-state index in [1.165, 1.54) is 4.31 Å². The van der Waals surface area contributed by atoms with Crippen molar-refractivity contribution in [2.45, 2.75) is 25.2 Å². The average Bonchev–Trinajstić information content (AvgIpc) is 2.26. The van der Waals surface area contributed by atoms with Crippen LogP contribution in [0.1, 0.15) is 20.3 Å². The molecule has 0 aliphatic carbocycles. The maximum absolute atomic E-state index is 13.6. The third-order valence-corrected chi connectivity index (χ3v) is 5.24. The van der Waals surface area contributed by atoms with E-state index in [0.29, 0.717) is 13.1 Å². The van der Waals surface area contributed by atoms with Crippen molar-refractivity contribution in [2.24, 2.45) is 11.8 Å². The van der Waals surface area contributed by atoms with E-state index < -0.39 is 26.6 Å². The highest BCUT2D eigenvalue weighted by molar-refractivity contribution is 7.89. The van der Waals surface area contributed by atoms with E-state index in [9.17, 15) is 17.2 Å². The molecular formula is C13H17F2NO2S. The number of nitrogens with zero attached hydrogens (tertiary/aromatic N) is 1. The molecule has 106 valence electrons. The quantitative estimate of drug-likeness (QED) is 0.839. The Labute approximate surface area is 112 Å². The monoisotopic (exact) mass is 289 g/mol. The van der Waals surface area contributed by atoms with Crippen molar-refractivity contribution in [1.82, 2.24) is 4.31 Å². The molecule has 2 rings (SSSR count). The molecule has 1 aromatic rings. The number of rotatable bonds is 2. The van der Waals surface area contributed by atoms with Gasteiger partial charge in [0, 0.05) is 13.1 Å². The fraction of sp³-hybridized carbons (Fsp3) is 0.538. The molecule has 0 bridgehead atoms. The second-order valence-corrected chi connectivity index (χ2v) is 7.19. The molecule has 1 aliphatic heterocycles. The molecule has 0 unspecified atom stereocenters. The lowest BCUT2D eigenvalue weighted by Gasteiger charge is -2.34. The predicted octanol–water partition coefficient (Wildman–Crippen LogP) is 2.63. The second kappa shape index (κ2) is 5.17. The summed E-state index contributed by atoms with van der Waals surface area (Å²) in [5, 5.41) is 0. The van der Waals surface area contributed by atoms with Crippen molar-refractivity contribution >= 4 is 10.0 Å². The van der Waals surface area contributed by atoms with Gasteiger partial charge in [-0.05, 0) is 30.4 Å². The first-order valence-electron chi connectivity index (χ1n) is 6.26. The van der Waals surface area contributed by atoms with Gasteiger partial charge in [-0.1, -0.05) is 19.9 Å². The summed E-state index contributed by atoms with van der Waals surface area (Å²) < 4.78 is 53.2. The number of halogens is 2. The number of hydrogen-bond donors (Lipinski definition) is 0. The zero-order valence-electron chi connectivity index (χ0n) is 10.9. The van der Waals surface area contributed by atoms with Gasteiger partial charge in [-0.15, -0.1) is 0 Å². The Morgan fingerprint density at radius 3 is 2.05 bits per heavy atom. The molecule has 0 amide bonds. The van der Waals surface area contributed by atoms with Crippen molar-refractivity contribution < 1.29 is 17.2 Å². The van der Waals surface area contributed by atoms with E-state index in [2.05, 4.69) is 0 Å². The summed E-state index contributed by atoms with van der Waals surface area (Å²) in [6.45, 7) is 4.49. The van der Waals surface area contributed by atoms with Crippen LogP contribution >= 0.6 is 0 Å². The summed E-state index contributed by atoms with van der Waals surface area (Å²) in [5.41, 5.74) is 0. The first kappa shape index (κ1) is 14.4. The third-order valence-electron chi connectivity index (χ3n) is 3.35. The summed E-state index contributed by atoms with van der Waals surface area (Å²) in [7, 11) is -4.11. The molecule has 1 aliphatic rings. The van der Waals surface area contributed by atoms with Crippen LogP contribution < -0.4 is 0 Å². The van der Waals surface area contributed by atoms with Gasteiger partial charge in [0.1, 0.15) is 11.6 Å². The third kappa shape index (κ3) is 2.79. The zero-order valence-corrected chi connectivity index (χ0v) is 11.8. The molecule has 2 atom stereocenters. The fourth-order valence-corrected chi connectivity index (χ4v) is 4.45. The fourth-order valence-electron chi connectivity index (χ4n) is 2.66. The average molecular weight is 289 g/mol. The zero-order chi connectivity index (χ0) is 14.2. The maximum Gasteiger partial charge on any atom is 0.248 e. The molecule has 1 fully saturated rings. The number of piperidine rings is 1. The van der Waals surface area contributed by atoms with Crippen LogP contribution in [-0.2, 0) is 10.0 Å². The van der Waals surface area contributed by atoms with E-state index in [-0.39, 0.29) is 11.8 Å². The summed E-state index contributed by atoms with van der Waals surface area (Å²) in [4.78, 5) is -0.837. The number of hydrogen-bond acceptors (Lipinski definition) is 2. The summed E-state index contributed by atoms with van der Waals surface area (Å²) in [6.07, 6.45) is 0.922. The van der Waals surface area contributed by atoms with Gasteiger partial charge in [-0.2, -0.15) is 4.31 Å². The Morgan fingerprint density at radius 2 is 1.58 bits per heavy atom. The highest BCUT2D eigenvalue weighted by Crippen LogP contribution is 2.28. The molecule has 1 heterocycles. The summed E-state index contributed by atoms with van der Waals surface area (Å²) in [5.74, 6) is -1.70. The van der Waals surface area contributed by atoms with Crippen LogP contribution in [0.25, 0.3) is 0 Å². The van der Waals surface area contributed by atoms with Crippen molar-refractivity contribution in [1.29, 1.82) is 0 Å². The Bertz CT molecular complexity index is 544. The van der Waals surface area contributed by atoms with Crippen molar-refractivity contribution in [3.8, 4) is 0 Å². The Hall–Kier alpha value is -1.01. The minimum atomic E-state index is -4.11. The predicted molar refractivity (Wildman–Crippen MR) is 68.1 cm³/mol. The Balaban J connectivity index is 2.42. The van der Waals surface area contributed by atoms with Gasteiger partial charge < -0.3 is 0 Å². The molecule has 0 N–H and O–H groups in total. The van der Waals surface area contributed by atoms with Gasteiger partial charge in [0.25, 0.3) is 0 Å². The molecule has 19 heavy (non-hydrogen) atoms. The molecule has 0 radical (unpaired) electrons. The Morgan fingerprint density at radius 1 is 1.11 bits per heavy atom. The van der Waals surface area contributed by atoms with Gasteiger partial charge >= 0.3 is 0 Å². The second-order valence-electron chi connectivity index (χ2n) is 5.32. The van der Waals surface area contributed by atoms with Crippen LogP contribution in [0.15, 0.2) is 23.1 Å². The van der Waals surface area contributed by atoms with Gasteiger partial charge in [-0.25, -0.2) is 17.2 Å². The minimum Gasteiger partial charge on any atom is -0.207 e. The first-order valence-corrected chi connectivity index (χ1v) is 7.70. The normalized spacial score (nSPS) is 25.5. The summed E-state index contributed by atoms with van der Waals surface area (Å²) >= 11 is 0. The topological polar surface area (TPSA) is 37.4 Å². The Kier molecular flexibility index (Phi) is 3.92. The van der Waals surface area contributed by atoms with E-state index in [0.717, 1.165) is 24.6 Å². The minimum absolute atomic E-state index is 0.188. The summed E-state index contributed by atoms with van der Waals surface area (Å²) in [6, 6.07) is 3.09. The lowest BCUT2D eigenvalue weighted by Crippen LogP contribution is -2.43. The van der Waals surface area contributed by atoms with Crippen LogP contribution in [0.2, 0.25) is 0 Å². The molecular weight excluding hydrogens is 272 g/mol. The molecule has 0 aromatic heterocycles. The van der Waals surface area contributed by atoms with Crippen LogP contribution in [-0.4, -0.2) is 25.8 Å². The lowest BCUT2D eigenvalue weighted by atomic mass is 9.94. The highest BCUT2D eigenvalue weighted by Gasteiger charge is 2.35. The van der Waals surface area contributed by atoms with Crippen molar-refractivity contribution in [3.63, 3.8) is 0 Å². The van der Waals surface area contributed by atoms with Crippen molar-refractivity contribution in [3.05, 3.63) is 29.8 Å². The van der Waals surface area contributed by atoms with Crippen LogP contribution in [0.4, 0.5) is 8.78 Å². The molecule has 0 spiro atoms. The largest absolute Gasteiger partial charge is 0.248 e. The maximum atomic E-state index is 13.6. The molecule has 0 saturated carbocycles. The van der Waals surface area contributed by atoms with Crippen molar-refractivity contribution in [2.75, 3.05) is 13.1 Å². The van der Waals surface area contributed by atoms with Gasteiger partial charge in [0.15, 0.2) is 4.90 Å². The lowest BCUT2D eigenvalue weighted by molar-refractivity contribution is 0.221. The highest BCUT2D eigenvalue weighted by atomic mass is 32.2. The van der Waals surface area contributed by atoms with Crippen LogP contribution in [0, 0.1) is 23.5 Å². The van der Waals surface area contributed by atoms with Gasteiger partial charge in [0.05, 0.1) is 0 Å². The SMILES string of the molecule is C[C@@H]1C[C@H](C)CN(S(=O)(=O)c2c(F)cccc2F)C1. The standard InChI is InChI=1S/C13H17F2NO2S/c1-9-6-10(2)8-16(7-9)19(17,18)13-11(14)4-3-5-12(13)15/h3-5,9-10H,6-8H2,1-2H3/t9-,10+. The number of benzene rings is 1. The number of sulfonamides is 1. The van der Waals surface area contributed by atoms with Crippen LogP contribution in [0.3, 0.4) is 0 Å². The van der Waals surface area contributed by atoms with E-state index in [4.69, 9.17) is 0 Å². The van der Waals surface area contributed by atoms with E-state index in [1.54, 1.807) is 0 Å². The smallest absolute Gasteiger partial charge is 0.207 e. The van der Waals surface area contributed by atoms with Gasteiger partial charge in [-0.3, -0.25) is 0 Å². The van der Waals surface area contributed by atoms with E-state index in [1.807, 2.05) is 13.8 Å². The molecule has 1 saturated heterocycles. The molecule has 6 heteroatoms. The van der Waals surface area contributed by atoms with Gasteiger partial charge in [0.2, 0.25) is 10.0 Å². The molecule has 1 aromatic carbocycles. The molecule has 3 nitrogen and oxygen atoms in total.